The van der Waals surface area contributed by atoms with Crippen molar-refractivity contribution in [3.8, 4) is 17.0 Å². The Bertz CT molecular complexity index is 1770. The molecular formula is C28H27Cl3FN5O3S2. The van der Waals surface area contributed by atoms with Gasteiger partial charge in [-0.25, -0.2) is 27.8 Å². The third kappa shape index (κ3) is 8.97. The number of ether oxygens (including phenoxy) is 1. The molecule has 0 saturated carbocycles. The number of hydrogen-bond donors (Lipinski definition) is 2. The summed E-state index contributed by atoms with van der Waals surface area (Å²) in [6.45, 7) is 1.06. The van der Waals surface area contributed by atoms with Crippen LogP contribution in [0.25, 0.3) is 22.2 Å². The first-order valence-corrected chi connectivity index (χ1v) is 15.6. The smallest absolute Gasteiger partial charge is 0.148 e. The Morgan fingerprint density at radius 3 is 2.64 bits per heavy atom. The average molecular weight is 671 g/mol. The van der Waals surface area contributed by atoms with Crippen LogP contribution in [0.1, 0.15) is 10.6 Å². The maximum Gasteiger partial charge on any atom is 0.148 e. The van der Waals surface area contributed by atoms with Gasteiger partial charge in [-0.05, 0) is 48.0 Å². The van der Waals surface area contributed by atoms with E-state index in [9.17, 15) is 12.8 Å². The minimum absolute atomic E-state index is 0. The van der Waals surface area contributed by atoms with Gasteiger partial charge in [0.25, 0.3) is 0 Å². The number of sulfone groups is 1. The van der Waals surface area contributed by atoms with E-state index in [4.69, 9.17) is 21.3 Å². The molecule has 2 aromatic heterocycles. The van der Waals surface area contributed by atoms with Crippen molar-refractivity contribution in [1.29, 1.82) is 0 Å². The first-order valence-electron chi connectivity index (χ1n) is 12.3. The summed E-state index contributed by atoms with van der Waals surface area (Å²) >= 11 is 7.98. The lowest BCUT2D eigenvalue weighted by molar-refractivity contribution is 0.306. The fraction of sp³-hybridized carbons (Fsp3) is 0.179. The summed E-state index contributed by atoms with van der Waals surface area (Å²) in [4.78, 5) is 13.5. The monoisotopic (exact) mass is 669 g/mol. The molecule has 0 radical (unpaired) electrons. The molecule has 14 heteroatoms. The van der Waals surface area contributed by atoms with Crippen LogP contribution in [-0.4, -0.2) is 41.9 Å². The molecule has 2 heterocycles. The number of benzene rings is 3. The van der Waals surface area contributed by atoms with Crippen molar-refractivity contribution in [2.24, 2.45) is 0 Å². The van der Waals surface area contributed by atoms with E-state index in [0.717, 1.165) is 27.2 Å². The zero-order chi connectivity index (χ0) is 28.1. The van der Waals surface area contributed by atoms with Gasteiger partial charge in [0, 0.05) is 41.4 Å². The summed E-state index contributed by atoms with van der Waals surface area (Å²) in [7, 11) is -3.01. The number of rotatable bonds is 11. The van der Waals surface area contributed by atoms with Crippen LogP contribution >= 0.6 is 47.8 Å². The van der Waals surface area contributed by atoms with E-state index in [1.54, 1.807) is 24.3 Å². The molecule has 2 N–H and O–H groups in total. The normalized spacial score (nSPS) is 11.0. The molecule has 0 atom stereocenters. The first-order chi connectivity index (χ1) is 19.2. The van der Waals surface area contributed by atoms with Crippen molar-refractivity contribution in [3.05, 3.63) is 93.8 Å². The van der Waals surface area contributed by atoms with E-state index < -0.39 is 9.84 Å². The Morgan fingerprint density at radius 1 is 1.05 bits per heavy atom. The first kappa shape index (κ1) is 33.4. The van der Waals surface area contributed by atoms with Gasteiger partial charge in [0.1, 0.15) is 45.2 Å². The molecular weight excluding hydrogens is 644 g/mol. The number of fused-ring (bicyclic) bond motifs is 1. The number of aromatic nitrogens is 3. The lowest BCUT2D eigenvalue weighted by atomic mass is 10.1. The number of nitrogens with one attached hydrogen (secondary N) is 2. The molecule has 5 rings (SSSR count). The fourth-order valence-corrected chi connectivity index (χ4v) is 5.44. The highest BCUT2D eigenvalue weighted by Gasteiger charge is 2.11. The second-order valence-corrected chi connectivity index (χ2v) is 12.7. The van der Waals surface area contributed by atoms with Crippen LogP contribution in [0.4, 0.5) is 15.9 Å². The van der Waals surface area contributed by atoms with Gasteiger partial charge in [-0.3, -0.25) is 0 Å². The Hall–Kier alpha value is -3.06. The second kappa shape index (κ2) is 14.9. The SMILES string of the molecule is CS(=O)(=O)CCNCc1nc(-c2ccc3ncnc(Nc4ccc(OCc5cccc(F)c5)c(Cl)c4)c3c2)cs1.Cl.Cl. The van der Waals surface area contributed by atoms with Crippen LogP contribution in [-0.2, 0) is 23.0 Å². The molecule has 0 fully saturated rings. The summed E-state index contributed by atoms with van der Waals surface area (Å²) in [5.41, 5.74) is 3.90. The van der Waals surface area contributed by atoms with Gasteiger partial charge in [-0.15, -0.1) is 36.2 Å². The van der Waals surface area contributed by atoms with E-state index in [1.165, 1.54) is 36.1 Å². The van der Waals surface area contributed by atoms with Crippen LogP contribution in [0.15, 0.2) is 72.4 Å². The molecule has 0 aliphatic heterocycles. The number of halogens is 4. The molecule has 0 amide bonds. The molecule has 222 valence electrons. The van der Waals surface area contributed by atoms with E-state index in [1.807, 2.05) is 29.6 Å². The third-order valence-electron chi connectivity index (χ3n) is 5.89. The van der Waals surface area contributed by atoms with Crippen molar-refractivity contribution in [2.75, 3.05) is 23.9 Å². The van der Waals surface area contributed by atoms with Crippen molar-refractivity contribution < 1.29 is 17.5 Å². The van der Waals surface area contributed by atoms with Gasteiger partial charge in [-0.2, -0.15) is 0 Å². The van der Waals surface area contributed by atoms with E-state index in [0.29, 0.717) is 40.9 Å². The molecule has 42 heavy (non-hydrogen) atoms. The minimum Gasteiger partial charge on any atom is -0.487 e. The van der Waals surface area contributed by atoms with Crippen molar-refractivity contribution >= 4 is 80.0 Å². The van der Waals surface area contributed by atoms with Crippen LogP contribution in [0.3, 0.4) is 0 Å². The molecule has 0 saturated heterocycles. The van der Waals surface area contributed by atoms with E-state index >= 15 is 0 Å². The molecule has 3 aromatic carbocycles. The number of thiazole rings is 1. The average Bonchev–Trinajstić information content (AvgIpc) is 3.39. The maximum atomic E-state index is 13.4. The second-order valence-electron chi connectivity index (χ2n) is 9.08. The quantitative estimate of drug-likeness (QED) is 0.147. The summed E-state index contributed by atoms with van der Waals surface area (Å²) < 4.78 is 41.8. The van der Waals surface area contributed by atoms with Crippen molar-refractivity contribution in [1.82, 2.24) is 20.3 Å². The van der Waals surface area contributed by atoms with Gasteiger partial charge in [-0.1, -0.05) is 29.8 Å². The third-order valence-corrected chi connectivity index (χ3v) is 7.98. The highest BCUT2D eigenvalue weighted by molar-refractivity contribution is 7.90. The highest BCUT2D eigenvalue weighted by atomic mass is 35.5. The van der Waals surface area contributed by atoms with Gasteiger partial charge in [0.15, 0.2) is 0 Å². The Morgan fingerprint density at radius 2 is 1.88 bits per heavy atom. The molecule has 0 aliphatic carbocycles. The number of hydrogen-bond acceptors (Lipinski definition) is 9. The Labute approximate surface area is 264 Å². The number of nitrogens with zero attached hydrogens (tertiary/aromatic N) is 3. The van der Waals surface area contributed by atoms with Gasteiger partial charge in [0.05, 0.1) is 22.0 Å². The molecule has 8 nitrogen and oxygen atoms in total. The van der Waals surface area contributed by atoms with Crippen LogP contribution in [0, 0.1) is 5.82 Å². The Balaban J connectivity index is 0.00000242. The summed E-state index contributed by atoms with van der Waals surface area (Å²) in [5, 5.41) is 10.5. The van der Waals surface area contributed by atoms with Crippen LogP contribution < -0.4 is 15.4 Å². The maximum absolute atomic E-state index is 13.4. The predicted molar refractivity (Wildman–Crippen MR) is 172 cm³/mol. The number of anilines is 2. The zero-order valence-corrected chi connectivity index (χ0v) is 26.2. The van der Waals surface area contributed by atoms with Crippen LogP contribution in [0.2, 0.25) is 5.02 Å². The highest BCUT2D eigenvalue weighted by Crippen LogP contribution is 2.32. The van der Waals surface area contributed by atoms with Crippen molar-refractivity contribution in [2.45, 2.75) is 13.2 Å². The van der Waals surface area contributed by atoms with Crippen LogP contribution in [0.5, 0.6) is 5.75 Å². The standard InChI is InChI=1S/C28H25ClFN5O3S2.2ClH/c1-40(36,37)10-9-31-14-27-35-25(16-39-27)19-5-7-24-22(12-19)28(33-17-32-24)34-21-6-8-26(23(29)13-21)38-15-18-3-2-4-20(30)11-18;;/h2-8,11-13,16-17,31H,9-10,14-15H2,1H3,(H,32,33,34);2*1H. The lowest BCUT2D eigenvalue weighted by Crippen LogP contribution is -2.21. The Kier molecular flexibility index (Phi) is 11.9. The van der Waals surface area contributed by atoms with Gasteiger partial charge >= 0.3 is 0 Å². The van der Waals surface area contributed by atoms with Crippen molar-refractivity contribution in [3.63, 3.8) is 0 Å². The van der Waals surface area contributed by atoms with E-state index in [2.05, 4.69) is 20.6 Å². The summed E-state index contributed by atoms with van der Waals surface area (Å²) in [5.74, 6) is 0.855. The van der Waals surface area contributed by atoms with Gasteiger partial charge in [0.2, 0.25) is 0 Å². The molecule has 0 spiro atoms. The fourth-order valence-electron chi connectivity index (χ4n) is 3.91. The molecule has 5 aromatic rings. The van der Waals surface area contributed by atoms with Gasteiger partial charge < -0.3 is 15.4 Å². The largest absolute Gasteiger partial charge is 0.487 e. The lowest BCUT2D eigenvalue weighted by Gasteiger charge is -2.12. The zero-order valence-electron chi connectivity index (χ0n) is 22.2. The molecule has 0 unspecified atom stereocenters. The topological polar surface area (TPSA) is 106 Å². The minimum atomic E-state index is -3.01. The predicted octanol–water partition coefficient (Wildman–Crippen LogP) is 6.85. The molecule has 0 bridgehead atoms. The van der Waals surface area contributed by atoms with E-state index in [-0.39, 0.29) is 43.0 Å². The summed E-state index contributed by atoms with van der Waals surface area (Å²) in [6.07, 6.45) is 2.71. The molecule has 0 aliphatic rings. The summed E-state index contributed by atoms with van der Waals surface area (Å²) in [6, 6.07) is 17.4.